The van der Waals surface area contributed by atoms with Gasteiger partial charge in [0, 0.05) is 36.3 Å². The molecule has 5 heteroatoms. The normalized spacial score (nSPS) is 16.6. The lowest BCUT2D eigenvalue weighted by molar-refractivity contribution is 0.122. The molecule has 1 aliphatic heterocycles. The van der Waals surface area contributed by atoms with Crippen molar-refractivity contribution in [3.8, 4) is 0 Å². The molecule has 2 aromatic rings. The fourth-order valence-electron chi connectivity index (χ4n) is 1.92. The maximum Gasteiger partial charge on any atom is 0.159 e. The summed E-state index contributed by atoms with van der Waals surface area (Å²) in [7, 11) is 0. The molecule has 0 N–H and O–H groups in total. The van der Waals surface area contributed by atoms with Gasteiger partial charge < -0.3 is 9.64 Å². The lowest BCUT2D eigenvalue weighted by Gasteiger charge is -2.28. The Morgan fingerprint density at radius 3 is 2.94 bits per heavy atom. The van der Waals surface area contributed by atoms with Crippen LogP contribution in [0.15, 0.2) is 24.7 Å². The Balaban J connectivity index is 2.08. The molecule has 0 spiro atoms. The second-order valence-corrected chi connectivity index (χ2v) is 3.73. The van der Waals surface area contributed by atoms with E-state index in [4.69, 9.17) is 4.74 Å². The molecule has 0 aliphatic carbocycles. The minimum atomic E-state index is 0.753. The summed E-state index contributed by atoms with van der Waals surface area (Å²) in [5.41, 5.74) is 0. The van der Waals surface area contributed by atoms with Crippen LogP contribution in [-0.2, 0) is 4.74 Å². The van der Waals surface area contributed by atoms with Crippen LogP contribution in [0.25, 0.3) is 10.8 Å². The molecule has 0 atom stereocenters. The van der Waals surface area contributed by atoms with Gasteiger partial charge in [0.15, 0.2) is 5.82 Å². The quantitative estimate of drug-likeness (QED) is 0.707. The van der Waals surface area contributed by atoms with Crippen molar-refractivity contribution in [1.29, 1.82) is 0 Å². The smallest absolute Gasteiger partial charge is 0.159 e. The molecule has 3 heterocycles. The van der Waals surface area contributed by atoms with Crippen molar-refractivity contribution in [2.45, 2.75) is 0 Å². The van der Waals surface area contributed by atoms with E-state index in [-0.39, 0.29) is 0 Å². The Labute approximate surface area is 93.1 Å². The maximum atomic E-state index is 5.33. The highest BCUT2D eigenvalue weighted by Crippen LogP contribution is 2.22. The van der Waals surface area contributed by atoms with Crippen LogP contribution in [0.4, 0.5) is 5.82 Å². The first-order valence-corrected chi connectivity index (χ1v) is 5.33. The van der Waals surface area contributed by atoms with Gasteiger partial charge >= 0.3 is 0 Å². The van der Waals surface area contributed by atoms with E-state index >= 15 is 0 Å². The maximum absolute atomic E-state index is 5.33. The van der Waals surface area contributed by atoms with E-state index in [0.29, 0.717) is 0 Å². The number of fused-ring (bicyclic) bond motifs is 1. The van der Waals surface area contributed by atoms with Crippen molar-refractivity contribution in [1.82, 2.24) is 15.2 Å². The van der Waals surface area contributed by atoms with Crippen LogP contribution >= 0.6 is 0 Å². The number of pyridine rings is 1. The van der Waals surface area contributed by atoms with E-state index < -0.39 is 0 Å². The summed E-state index contributed by atoms with van der Waals surface area (Å²) in [6.45, 7) is 3.25. The van der Waals surface area contributed by atoms with Gasteiger partial charge in [-0.15, -0.1) is 5.10 Å². The van der Waals surface area contributed by atoms with Crippen LogP contribution < -0.4 is 4.90 Å². The minimum absolute atomic E-state index is 0.753. The number of morpholine rings is 1. The van der Waals surface area contributed by atoms with Gasteiger partial charge in [-0.05, 0) is 6.07 Å². The Kier molecular flexibility index (Phi) is 2.38. The lowest BCUT2D eigenvalue weighted by atomic mass is 10.2. The van der Waals surface area contributed by atoms with E-state index in [0.717, 1.165) is 42.9 Å². The Morgan fingerprint density at radius 2 is 2.06 bits per heavy atom. The fourth-order valence-corrected chi connectivity index (χ4v) is 1.92. The summed E-state index contributed by atoms with van der Waals surface area (Å²) >= 11 is 0. The minimum Gasteiger partial charge on any atom is -0.378 e. The molecular weight excluding hydrogens is 204 g/mol. The average molecular weight is 216 g/mol. The summed E-state index contributed by atoms with van der Waals surface area (Å²) in [4.78, 5) is 6.30. The van der Waals surface area contributed by atoms with Gasteiger partial charge in [-0.25, -0.2) is 0 Å². The van der Waals surface area contributed by atoms with Crippen LogP contribution in [0.5, 0.6) is 0 Å². The summed E-state index contributed by atoms with van der Waals surface area (Å²) in [5.74, 6) is 0.934. The molecule has 2 aromatic heterocycles. The Hall–Kier alpha value is -1.75. The van der Waals surface area contributed by atoms with Crippen molar-refractivity contribution in [3.05, 3.63) is 24.7 Å². The Morgan fingerprint density at radius 1 is 1.19 bits per heavy atom. The lowest BCUT2D eigenvalue weighted by Crippen LogP contribution is -2.37. The highest BCUT2D eigenvalue weighted by molar-refractivity contribution is 5.90. The highest BCUT2D eigenvalue weighted by atomic mass is 16.5. The third-order valence-electron chi connectivity index (χ3n) is 2.75. The molecule has 3 rings (SSSR count). The summed E-state index contributed by atoms with van der Waals surface area (Å²) in [5, 5.41) is 10.4. The van der Waals surface area contributed by atoms with E-state index in [2.05, 4.69) is 20.1 Å². The third kappa shape index (κ3) is 1.59. The van der Waals surface area contributed by atoms with Crippen LogP contribution in [0, 0.1) is 0 Å². The van der Waals surface area contributed by atoms with Gasteiger partial charge in [0.1, 0.15) is 0 Å². The van der Waals surface area contributed by atoms with Gasteiger partial charge in [-0.1, -0.05) is 0 Å². The van der Waals surface area contributed by atoms with Crippen LogP contribution in [0.2, 0.25) is 0 Å². The van der Waals surface area contributed by atoms with Crippen molar-refractivity contribution in [2.75, 3.05) is 31.2 Å². The second kappa shape index (κ2) is 4.02. The molecule has 0 aromatic carbocycles. The molecule has 1 aliphatic rings. The SMILES string of the molecule is c1cc2c(N3CCOCC3)nncc2cn1. The van der Waals surface area contributed by atoms with Crippen molar-refractivity contribution < 1.29 is 4.74 Å². The largest absolute Gasteiger partial charge is 0.378 e. The molecule has 16 heavy (non-hydrogen) atoms. The fraction of sp³-hybridized carbons (Fsp3) is 0.364. The topological polar surface area (TPSA) is 51.1 Å². The van der Waals surface area contributed by atoms with Crippen LogP contribution in [-0.4, -0.2) is 41.5 Å². The number of hydrogen-bond donors (Lipinski definition) is 0. The molecule has 0 saturated carbocycles. The first-order chi connectivity index (χ1) is 7.95. The molecule has 82 valence electrons. The summed E-state index contributed by atoms with van der Waals surface area (Å²) in [6.07, 6.45) is 5.34. The van der Waals surface area contributed by atoms with Crippen molar-refractivity contribution in [3.63, 3.8) is 0 Å². The van der Waals surface area contributed by atoms with E-state index in [1.54, 1.807) is 12.4 Å². The monoisotopic (exact) mass is 216 g/mol. The molecule has 0 amide bonds. The van der Waals surface area contributed by atoms with Gasteiger partial charge in [-0.3, -0.25) is 4.98 Å². The summed E-state index contributed by atoms with van der Waals surface area (Å²) < 4.78 is 5.33. The number of ether oxygens (including phenoxy) is 1. The van der Waals surface area contributed by atoms with Gasteiger partial charge in [0.05, 0.1) is 19.4 Å². The first-order valence-electron chi connectivity index (χ1n) is 5.33. The zero-order valence-corrected chi connectivity index (χ0v) is 8.83. The molecule has 0 bridgehead atoms. The van der Waals surface area contributed by atoms with E-state index in [9.17, 15) is 0 Å². The number of aromatic nitrogens is 3. The number of hydrogen-bond acceptors (Lipinski definition) is 5. The number of nitrogens with zero attached hydrogens (tertiary/aromatic N) is 4. The summed E-state index contributed by atoms with van der Waals surface area (Å²) in [6, 6.07) is 1.98. The van der Waals surface area contributed by atoms with Crippen molar-refractivity contribution in [2.24, 2.45) is 0 Å². The van der Waals surface area contributed by atoms with E-state index in [1.807, 2.05) is 12.3 Å². The van der Waals surface area contributed by atoms with Crippen LogP contribution in [0.3, 0.4) is 0 Å². The first kappa shape index (κ1) is 9.47. The van der Waals surface area contributed by atoms with Crippen molar-refractivity contribution >= 4 is 16.6 Å². The Bertz CT molecular complexity index is 491. The zero-order valence-electron chi connectivity index (χ0n) is 8.83. The van der Waals surface area contributed by atoms with Crippen LogP contribution in [0.1, 0.15) is 0 Å². The molecule has 0 radical (unpaired) electrons. The second-order valence-electron chi connectivity index (χ2n) is 3.73. The van der Waals surface area contributed by atoms with Gasteiger partial charge in [0.2, 0.25) is 0 Å². The van der Waals surface area contributed by atoms with E-state index in [1.165, 1.54) is 0 Å². The molecular formula is C11H12N4O. The molecule has 1 fully saturated rings. The third-order valence-corrected chi connectivity index (χ3v) is 2.75. The number of rotatable bonds is 1. The molecule has 5 nitrogen and oxygen atoms in total. The number of anilines is 1. The zero-order chi connectivity index (χ0) is 10.8. The average Bonchev–Trinajstić information content (AvgIpc) is 2.39. The standard InChI is InChI=1S/C11H12N4O/c1-2-12-7-9-8-13-14-11(10(1)9)15-3-5-16-6-4-15/h1-2,7-8H,3-6H2. The van der Waals surface area contributed by atoms with Gasteiger partial charge in [0.25, 0.3) is 0 Å². The predicted molar refractivity (Wildman–Crippen MR) is 60.4 cm³/mol. The van der Waals surface area contributed by atoms with Gasteiger partial charge in [-0.2, -0.15) is 5.10 Å². The predicted octanol–water partition coefficient (Wildman–Crippen LogP) is 0.861. The highest BCUT2D eigenvalue weighted by Gasteiger charge is 2.15. The molecule has 0 unspecified atom stereocenters. The molecule has 1 saturated heterocycles.